The molecule has 1 aliphatic carbocycles. The number of ether oxygens (including phenoxy) is 2. The molecule has 4 rings (SSSR count). The molecule has 2 heterocycles. The molecule has 2 aliphatic rings. The molecule has 2 unspecified atom stereocenters. The summed E-state index contributed by atoms with van der Waals surface area (Å²) in [5.74, 6) is -0.220. The van der Waals surface area contributed by atoms with Gasteiger partial charge < -0.3 is 14.4 Å². The fourth-order valence-corrected chi connectivity index (χ4v) is 6.62. The summed E-state index contributed by atoms with van der Waals surface area (Å²) < 4.78 is 26.0. The predicted octanol–water partition coefficient (Wildman–Crippen LogP) is 7.12. The molecule has 1 spiro atoms. The average Bonchev–Trinajstić information content (AvgIpc) is 3.44. The van der Waals surface area contributed by atoms with Crippen LogP contribution in [0.4, 0.5) is 9.18 Å². The van der Waals surface area contributed by atoms with Crippen LogP contribution in [0.5, 0.6) is 0 Å². The summed E-state index contributed by atoms with van der Waals surface area (Å²) in [4.78, 5) is 16.2. The van der Waals surface area contributed by atoms with Gasteiger partial charge in [-0.1, -0.05) is 31.0 Å². The summed E-state index contributed by atoms with van der Waals surface area (Å²) >= 11 is 1.72. The van der Waals surface area contributed by atoms with Crippen molar-refractivity contribution in [3.05, 3.63) is 58.0 Å². The van der Waals surface area contributed by atoms with Crippen molar-refractivity contribution in [3.8, 4) is 0 Å². The second-order valence-corrected chi connectivity index (χ2v) is 12.2. The Hall–Kier alpha value is -1.92. The summed E-state index contributed by atoms with van der Waals surface area (Å²) in [7, 11) is 1.86. The van der Waals surface area contributed by atoms with E-state index < -0.39 is 5.60 Å². The number of thiophene rings is 1. The lowest BCUT2D eigenvalue weighted by Crippen LogP contribution is -2.51. The van der Waals surface area contributed by atoms with E-state index in [9.17, 15) is 9.18 Å². The van der Waals surface area contributed by atoms with Gasteiger partial charge in [-0.25, -0.2) is 9.18 Å². The summed E-state index contributed by atoms with van der Waals surface area (Å²) in [6.45, 7) is 6.39. The maximum Gasteiger partial charge on any atom is 0.410 e. The lowest BCUT2D eigenvalue weighted by molar-refractivity contribution is -0.106. The molecular formula is C28H38FNO3S. The van der Waals surface area contributed by atoms with Crippen LogP contribution in [-0.4, -0.2) is 41.9 Å². The highest BCUT2D eigenvalue weighted by Crippen LogP contribution is 2.51. The molecule has 1 aliphatic heterocycles. The highest BCUT2D eigenvalue weighted by Gasteiger charge is 2.49. The minimum absolute atomic E-state index is 0.0462. The van der Waals surface area contributed by atoms with E-state index in [4.69, 9.17) is 9.47 Å². The number of carbonyl (C=O) groups is 1. The Morgan fingerprint density at radius 1 is 1.18 bits per heavy atom. The lowest BCUT2D eigenvalue weighted by Gasteiger charge is -2.49. The molecule has 4 nitrogen and oxygen atoms in total. The molecule has 0 radical (unpaired) electrons. The molecule has 1 aromatic heterocycles. The molecule has 0 N–H and O–H groups in total. The Kier molecular flexibility index (Phi) is 7.39. The molecule has 186 valence electrons. The normalized spacial score (nSPS) is 23.1. The fraction of sp³-hybridized carbons (Fsp3) is 0.607. The van der Waals surface area contributed by atoms with Crippen LogP contribution >= 0.6 is 11.3 Å². The first-order valence-electron chi connectivity index (χ1n) is 12.5. The molecule has 2 fully saturated rings. The first-order valence-corrected chi connectivity index (χ1v) is 13.4. The SMILES string of the molecule is CN(C(=O)OC(C)(C)C)C(Cc1cccs1)CC1(c2ccc(F)cc2)CCOC2(CCCC2)C1. The summed E-state index contributed by atoms with van der Waals surface area (Å²) in [6, 6.07) is 11.2. The molecule has 2 aromatic rings. The number of likely N-dealkylation sites (N-methyl/N-ethyl adjacent to an activating group) is 1. The maximum absolute atomic E-state index is 13.9. The molecule has 1 saturated carbocycles. The standard InChI is InChI=1S/C28H38FNO3S/c1-26(2,3)33-25(31)30(4)23(18-24-8-7-17-34-24)19-27(21-9-11-22(29)12-10-21)15-16-32-28(20-27)13-5-6-14-28/h7-12,17,23H,5-6,13-16,18-20H2,1-4H3. The zero-order valence-corrected chi connectivity index (χ0v) is 21.8. The van der Waals surface area contributed by atoms with Gasteiger partial charge in [0.15, 0.2) is 0 Å². The fourth-order valence-electron chi connectivity index (χ4n) is 5.84. The molecule has 2 atom stereocenters. The minimum atomic E-state index is -0.556. The monoisotopic (exact) mass is 487 g/mol. The number of hydrogen-bond donors (Lipinski definition) is 0. The maximum atomic E-state index is 13.9. The number of amides is 1. The molecule has 1 aromatic carbocycles. The number of benzene rings is 1. The number of halogens is 1. The minimum Gasteiger partial charge on any atom is -0.444 e. The second kappa shape index (κ2) is 9.98. The van der Waals surface area contributed by atoms with Crippen LogP contribution in [0.1, 0.15) is 76.2 Å². The van der Waals surface area contributed by atoms with Crippen molar-refractivity contribution in [1.29, 1.82) is 0 Å². The predicted molar refractivity (Wildman–Crippen MR) is 135 cm³/mol. The van der Waals surface area contributed by atoms with Crippen molar-refractivity contribution in [2.24, 2.45) is 0 Å². The van der Waals surface area contributed by atoms with Gasteiger partial charge in [0, 0.05) is 36.4 Å². The van der Waals surface area contributed by atoms with Crippen molar-refractivity contribution in [2.45, 2.75) is 94.8 Å². The van der Waals surface area contributed by atoms with Gasteiger partial charge in [0.25, 0.3) is 0 Å². The highest BCUT2D eigenvalue weighted by atomic mass is 32.1. The van der Waals surface area contributed by atoms with Crippen LogP contribution in [0.3, 0.4) is 0 Å². The van der Waals surface area contributed by atoms with Crippen LogP contribution in [0.15, 0.2) is 41.8 Å². The van der Waals surface area contributed by atoms with Crippen LogP contribution in [0.2, 0.25) is 0 Å². The number of carbonyl (C=O) groups excluding carboxylic acids is 1. The quantitative estimate of drug-likeness (QED) is 0.436. The third kappa shape index (κ3) is 5.83. The largest absolute Gasteiger partial charge is 0.444 e. The highest BCUT2D eigenvalue weighted by molar-refractivity contribution is 7.09. The second-order valence-electron chi connectivity index (χ2n) is 11.2. The van der Waals surface area contributed by atoms with Crippen molar-refractivity contribution in [1.82, 2.24) is 4.90 Å². The van der Waals surface area contributed by atoms with E-state index in [0.29, 0.717) is 6.61 Å². The van der Waals surface area contributed by atoms with Gasteiger partial charge in [-0.05, 0) is 82.0 Å². The van der Waals surface area contributed by atoms with Gasteiger partial charge in [-0.2, -0.15) is 0 Å². The Balaban J connectivity index is 1.69. The van der Waals surface area contributed by atoms with Crippen LogP contribution in [-0.2, 0) is 21.3 Å². The van der Waals surface area contributed by atoms with E-state index in [0.717, 1.165) is 44.1 Å². The van der Waals surface area contributed by atoms with Gasteiger partial charge in [0.1, 0.15) is 11.4 Å². The van der Waals surface area contributed by atoms with Crippen LogP contribution in [0, 0.1) is 5.82 Å². The van der Waals surface area contributed by atoms with Gasteiger partial charge in [0.2, 0.25) is 0 Å². The smallest absolute Gasteiger partial charge is 0.410 e. The van der Waals surface area contributed by atoms with Gasteiger partial charge in [0.05, 0.1) is 5.60 Å². The molecule has 1 saturated heterocycles. The van der Waals surface area contributed by atoms with Gasteiger partial charge in [-0.15, -0.1) is 11.3 Å². The Morgan fingerprint density at radius 3 is 2.50 bits per heavy atom. The van der Waals surface area contributed by atoms with Gasteiger partial charge >= 0.3 is 6.09 Å². The lowest BCUT2D eigenvalue weighted by atomic mass is 9.64. The number of hydrogen-bond acceptors (Lipinski definition) is 4. The average molecular weight is 488 g/mol. The number of rotatable bonds is 6. The van der Waals surface area contributed by atoms with E-state index in [1.807, 2.05) is 40.0 Å². The zero-order valence-electron chi connectivity index (χ0n) is 20.9. The first-order chi connectivity index (χ1) is 16.1. The Labute approximate surface area is 207 Å². The van der Waals surface area contributed by atoms with Crippen molar-refractivity contribution < 1.29 is 18.7 Å². The summed E-state index contributed by atoms with van der Waals surface area (Å²) in [5, 5.41) is 2.08. The van der Waals surface area contributed by atoms with E-state index in [-0.39, 0.29) is 29.0 Å². The van der Waals surface area contributed by atoms with Crippen LogP contribution in [0.25, 0.3) is 0 Å². The molecule has 34 heavy (non-hydrogen) atoms. The van der Waals surface area contributed by atoms with Crippen molar-refractivity contribution in [2.75, 3.05) is 13.7 Å². The zero-order chi connectivity index (χ0) is 24.4. The molecular weight excluding hydrogens is 449 g/mol. The summed E-state index contributed by atoms with van der Waals surface area (Å²) in [6.07, 6.45) is 7.57. The third-order valence-electron chi connectivity index (χ3n) is 7.49. The van der Waals surface area contributed by atoms with Crippen molar-refractivity contribution in [3.63, 3.8) is 0 Å². The topological polar surface area (TPSA) is 38.8 Å². The molecule has 1 amide bonds. The van der Waals surface area contributed by atoms with E-state index >= 15 is 0 Å². The Bertz CT molecular complexity index is 947. The van der Waals surface area contributed by atoms with E-state index in [2.05, 4.69) is 17.5 Å². The Morgan fingerprint density at radius 2 is 1.88 bits per heavy atom. The van der Waals surface area contributed by atoms with E-state index in [1.165, 1.54) is 17.7 Å². The molecule has 6 heteroatoms. The first kappa shape index (κ1) is 25.2. The molecule has 0 bridgehead atoms. The number of nitrogens with zero attached hydrogens (tertiary/aromatic N) is 1. The van der Waals surface area contributed by atoms with Gasteiger partial charge in [-0.3, -0.25) is 0 Å². The van der Waals surface area contributed by atoms with Crippen LogP contribution < -0.4 is 0 Å². The third-order valence-corrected chi connectivity index (χ3v) is 8.39. The van der Waals surface area contributed by atoms with E-state index in [1.54, 1.807) is 28.4 Å². The summed E-state index contributed by atoms with van der Waals surface area (Å²) in [5.41, 5.74) is 0.302. The van der Waals surface area contributed by atoms with Crippen molar-refractivity contribution >= 4 is 17.4 Å².